The minimum Gasteiger partial charge on any atom is -0.367 e. The minimum absolute atomic E-state index is 0.0922. The largest absolute Gasteiger partial charge is 0.411 e. The number of rotatable bonds is 7. The van der Waals surface area contributed by atoms with Gasteiger partial charge in [0.2, 0.25) is 0 Å². The van der Waals surface area contributed by atoms with Crippen LogP contribution in [0, 0.1) is 5.92 Å². The molecule has 1 amide bonds. The fraction of sp³-hybridized carbons (Fsp3) is 0.333. The Kier molecular flexibility index (Phi) is 6.22. The van der Waals surface area contributed by atoms with E-state index in [1.165, 1.54) is 0 Å². The number of hydrogen-bond acceptors (Lipinski definition) is 3. The molecule has 0 saturated heterocycles. The molecule has 0 spiro atoms. The summed E-state index contributed by atoms with van der Waals surface area (Å²) in [5, 5.41) is 2.98. The van der Waals surface area contributed by atoms with E-state index in [-0.39, 0.29) is 24.5 Å². The third kappa shape index (κ3) is 5.57. The zero-order valence-electron chi connectivity index (χ0n) is 16.1. The van der Waals surface area contributed by atoms with Crippen LogP contribution in [0.25, 0.3) is 11.0 Å². The molecule has 8 heteroatoms. The number of carbonyl (C=O) groups is 1. The highest BCUT2D eigenvalue weighted by Gasteiger charge is 2.27. The average molecular weight is 405 g/mol. The van der Waals surface area contributed by atoms with Crippen LogP contribution < -0.4 is 5.32 Å². The van der Waals surface area contributed by atoms with Gasteiger partial charge in [-0.3, -0.25) is 4.79 Å². The first kappa shape index (κ1) is 20.9. The number of ether oxygens (including phenoxy) is 1. The molecule has 3 rings (SSSR count). The summed E-state index contributed by atoms with van der Waals surface area (Å²) < 4.78 is 41.0. The van der Waals surface area contributed by atoms with Crippen LogP contribution in [0.15, 0.2) is 48.5 Å². The maximum absolute atomic E-state index is 12.7. The van der Waals surface area contributed by atoms with Crippen LogP contribution in [0.3, 0.4) is 0 Å². The van der Waals surface area contributed by atoms with E-state index in [4.69, 9.17) is 0 Å². The first-order chi connectivity index (χ1) is 13.7. The maximum atomic E-state index is 12.7. The molecule has 0 aliphatic heterocycles. The van der Waals surface area contributed by atoms with Gasteiger partial charge in [-0.2, -0.15) is 13.2 Å². The van der Waals surface area contributed by atoms with Gasteiger partial charge in [0.25, 0.3) is 5.91 Å². The number of imidazole rings is 1. The highest BCUT2D eigenvalue weighted by atomic mass is 19.4. The zero-order valence-corrected chi connectivity index (χ0v) is 16.1. The van der Waals surface area contributed by atoms with E-state index >= 15 is 0 Å². The minimum atomic E-state index is -4.36. The average Bonchev–Trinajstić information content (AvgIpc) is 3.09. The van der Waals surface area contributed by atoms with Crippen molar-refractivity contribution in [1.82, 2.24) is 15.3 Å². The lowest BCUT2D eigenvalue weighted by molar-refractivity contribution is -0.176. The quantitative estimate of drug-likeness (QED) is 0.595. The van der Waals surface area contributed by atoms with E-state index < -0.39 is 12.8 Å². The molecule has 154 valence electrons. The first-order valence-electron chi connectivity index (χ1n) is 9.22. The van der Waals surface area contributed by atoms with Gasteiger partial charge in [0.1, 0.15) is 12.4 Å². The van der Waals surface area contributed by atoms with Crippen molar-refractivity contribution >= 4 is 16.9 Å². The van der Waals surface area contributed by atoms with Crippen LogP contribution in [0.1, 0.15) is 41.6 Å². The van der Waals surface area contributed by atoms with Crippen molar-refractivity contribution in [3.8, 4) is 0 Å². The van der Waals surface area contributed by atoms with Gasteiger partial charge in [-0.25, -0.2) is 4.98 Å². The summed E-state index contributed by atoms with van der Waals surface area (Å²) in [4.78, 5) is 20.5. The molecule has 0 bridgehead atoms. The van der Waals surface area contributed by atoms with Gasteiger partial charge in [0.15, 0.2) is 0 Å². The van der Waals surface area contributed by atoms with Gasteiger partial charge in [-0.1, -0.05) is 38.1 Å². The van der Waals surface area contributed by atoms with Crippen molar-refractivity contribution in [2.75, 3.05) is 6.61 Å². The molecule has 3 aromatic rings. The van der Waals surface area contributed by atoms with Crippen molar-refractivity contribution in [1.29, 1.82) is 0 Å². The Morgan fingerprint density at radius 3 is 2.45 bits per heavy atom. The number of hydrogen-bond donors (Lipinski definition) is 2. The topological polar surface area (TPSA) is 67.0 Å². The summed E-state index contributed by atoms with van der Waals surface area (Å²) in [6.45, 7) is 2.50. The van der Waals surface area contributed by atoms with Crippen LogP contribution in [0.4, 0.5) is 13.2 Å². The van der Waals surface area contributed by atoms with E-state index in [0.717, 1.165) is 11.0 Å². The van der Waals surface area contributed by atoms with Crippen molar-refractivity contribution in [3.63, 3.8) is 0 Å². The molecule has 5 nitrogen and oxygen atoms in total. The number of nitrogens with zero attached hydrogens (tertiary/aromatic N) is 1. The first-order valence-corrected chi connectivity index (χ1v) is 9.22. The molecule has 0 fully saturated rings. The van der Waals surface area contributed by atoms with Gasteiger partial charge in [0, 0.05) is 5.56 Å². The Balaban J connectivity index is 1.67. The summed E-state index contributed by atoms with van der Waals surface area (Å²) in [6.07, 6.45) is -4.36. The standard InChI is InChI=1S/C21H22F3N3O2/c1-13(2)18(19-25-16-5-3-4-6-17(16)26-19)27-20(28)15-9-7-14(8-10-15)11-29-12-21(22,23)24/h3-10,13,18H,11-12H2,1-2H3,(H,25,26)(H,27,28)/t18-/m0/s1. The summed E-state index contributed by atoms with van der Waals surface area (Å²) in [7, 11) is 0. The van der Waals surface area contributed by atoms with Crippen LogP contribution in [0.2, 0.25) is 0 Å². The molecule has 0 unspecified atom stereocenters. The van der Waals surface area contributed by atoms with Crippen molar-refractivity contribution in [2.45, 2.75) is 32.7 Å². The number of amides is 1. The van der Waals surface area contributed by atoms with Crippen molar-refractivity contribution in [2.24, 2.45) is 5.92 Å². The molecular weight excluding hydrogens is 383 g/mol. The van der Waals surface area contributed by atoms with Crippen LogP contribution >= 0.6 is 0 Å². The fourth-order valence-electron chi connectivity index (χ4n) is 2.93. The molecule has 0 aliphatic rings. The van der Waals surface area contributed by atoms with E-state index in [1.807, 2.05) is 38.1 Å². The predicted octanol–water partition coefficient (Wildman–Crippen LogP) is 4.77. The van der Waals surface area contributed by atoms with E-state index in [2.05, 4.69) is 20.0 Å². The Bertz CT molecular complexity index is 932. The third-order valence-corrected chi connectivity index (χ3v) is 4.41. The molecule has 0 radical (unpaired) electrons. The lowest BCUT2D eigenvalue weighted by atomic mass is 10.0. The number of para-hydroxylation sites is 2. The Hall–Kier alpha value is -2.87. The van der Waals surface area contributed by atoms with Crippen LogP contribution in [-0.2, 0) is 11.3 Å². The molecule has 1 aromatic heterocycles. The molecule has 0 saturated carbocycles. The molecule has 0 aliphatic carbocycles. The van der Waals surface area contributed by atoms with Gasteiger partial charge in [0.05, 0.1) is 23.7 Å². The van der Waals surface area contributed by atoms with Gasteiger partial charge in [-0.15, -0.1) is 0 Å². The summed E-state index contributed by atoms with van der Waals surface area (Å²) in [5.74, 6) is 0.480. The smallest absolute Gasteiger partial charge is 0.367 e. The molecule has 29 heavy (non-hydrogen) atoms. The van der Waals surface area contributed by atoms with Crippen molar-refractivity contribution < 1.29 is 22.7 Å². The molecule has 2 N–H and O–H groups in total. The van der Waals surface area contributed by atoms with E-state index in [9.17, 15) is 18.0 Å². The monoisotopic (exact) mass is 405 g/mol. The summed E-state index contributed by atoms with van der Waals surface area (Å²) >= 11 is 0. The number of aromatic nitrogens is 2. The summed E-state index contributed by atoms with van der Waals surface area (Å²) in [6, 6.07) is 13.6. The highest BCUT2D eigenvalue weighted by Crippen LogP contribution is 2.23. The van der Waals surface area contributed by atoms with Gasteiger partial charge >= 0.3 is 6.18 Å². The third-order valence-electron chi connectivity index (χ3n) is 4.41. The number of H-pyrrole nitrogens is 1. The van der Waals surface area contributed by atoms with Crippen molar-refractivity contribution in [3.05, 3.63) is 65.5 Å². The maximum Gasteiger partial charge on any atom is 0.411 e. The molecule has 1 heterocycles. The number of alkyl halides is 3. The zero-order chi connectivity index (χ0) is 21.0. The number of benzene rings is 2. The number of carbonyl (C=O) groups excluding carboxylic acids is 1. The summed E-state index contributed by atoms with van der Waals surface area (Å²) in [5.41, 5.74) is 2.69. The number of nitrogens with one attached hydrogen (secondary N) is 2. The Labute approximate surface area is 166 Å². The van der Waals surface area contributed by atoms with Gasteiger partial charge in [-0.05, 0) is 35.7 Å². The predicted molar refractivity (Wildman–Crippen MR) is 103 cm³/mol. The second-order valence-corrected chi connectivity index (χ2v) is 7.14. The van der Waals surface area contributed by atoms with Crippen LogP contribution in [-0.4, -0.2) is 28.7 Å². The number of aromatic amines is 1. The fourth-order valence-corrected chi connectivity index (χ4v) is 2.93. The Morgan fingerprint density at radius 2 is 1.83 bits per heavy atom. The lowest BCUT2D eigenvalue weighted by Gasteiger charge is -2.20. The SMILES string of the molecule is CC(C)[C@H](NC(=O)c1ccc(COCC(F)(F)F)cc1)c1nc2ccccc2[nH]1. The molecule has 2 aromatic carbocycles. The van der Waals surface area contributed by atoms with Gasteiger partial charge < -0.3 is 15.0 Å². The second-order valence-electron chi connectivity index (χ2n) is 7.14. The highest BCUT2D eigenvalue weighted by molar-refractivity contribution is 5.94. The van der Waals surface area contributed by atoms with E-state index in [0.29, 0.717) is 17.0 Å². The van der Waals surface area contributed by atoms with Crippen LogP contribution in [0.5, 0.6) is 0 Å². The van der Waals surface area contributed by atoms with E-state index in [1.54, 1.807) is 24.3 Å². The molecule has 1 atom stereocenters. The lowest BCUT2D eigenvalue weighted by Crippen LogP contribution is -2.32. The second kappa shape index (κ2) is 8.65. The molecular formula is C21H22F3N3O2. The number of fused-ring (bicyclic) bond motifs is 1. The number of halogens is 3. The Morgan fingerprint density at radius 1 is 1.14 bits per heavy atom. The normalized spacial score (nSPS) is 13.0.